The Morgan fingerprint density at radius 1 is 1.14 bits per heavy atom. The van der Waals surface area contributed by atoms with Crippen molar-refractivity contribution in [3.63, 3.8) is 0 Å². The first-order valence-electron chi connectivity index (χ1n) is 9.48. The Hall–Kier alpha value is -2.22. The molecule has 2 aromatic rings. The first-order chi connectivity index (χ1) is 13.4. The molecular formula is C20H27N3O4S. The Balaban J connectivity index is 1.73. The lowest BCUT2D eigenvalue weighted by Crippen LogP contribution is -2.50. The van der Waals surface area contributed by atoms with Gasteiger partial charge in [-0.25, -0.2) is 0 Å². The number of amides is 1. The van der Waals surface area contributed by atoms with E-state index >= 15 is 0 Å². The normalized spacial score (nSPS) is 20.7. The van der Waals surface area contributed by atoms with Crippen LogP contribution in [0.15, 0.2) is 27.8 Å². The van der Waals surface area contributed by atoms with Crippen molar-refractivity contribution in [1.29, 1.82) is 0 Å². The molecule has 0 unspecified atom stereocenters. The minimum atomic E-state index is -0.295. The van der Waals surface area contributed by atoms with Crippen LogP contribution in [0.1, 0.15) is 40.0 Å². The fourth-order valence-corrected chi connectivity index (χ4v) is 4.31. The maximum absolute atomic E-state index is 12.9. The van der Waals surface area contributed by atoms with Crippen molar-refractivity contribution in [3.8, 4) is 23.0 Å². The second-order valence-electron chi connectivity index (χ2n) is 7.11. The number of ether oxygens (including phenoxy) is 2. The Bertz CT molecular complexity index is 793. The van der Waals surface area contributed by atoms with E-state index in [0.717, 1.165) is 12.8 Å². The van der Waals surface area contributed by atoms with E-state index in [9.17, 15) is 4.79 Å². The number of piperidine rings is 1. The summed E-state index contributed by atoms with van der Waals surface area (Å²) in [5.74, 6) is 1.75. The average Bonchev–Trinajstić information content (AvgIpc) is 3.15. The lowest BCUT2D eigenvalue weighted by atomic mass is 9.97. The van der Waals surface area contributed by atoms with Crippen molar-refractivity contribution in [2.45, 2.75) is 62.6 Å². The minimum Gasteiger partial charge on any atom is -0.497 e. The number of rotatable bonds is 6. The predicted octanol–water partition coefficient (Wildman–Crippen LogP) is 4.02. The summed E-state index contributed by atoms with van der Waals surface area (Å²) < 4.78 is 16.4. The van der Waals surface area contributed by atoms with E-state index in [0.29, 0.717) is 28.2 Å². The Morgan fingerprint density at radius 3 is 2.32 bits per heavy atom. The zero-order valence-corrected chi connectivity index (χ0v) is 17.8. The van der Waals surface area contributed by atoms with E-state index in [1.165, 1.54) is 18.2 Å². The number of hydrogen-bond acceptors (Lipinski definition) is 7. The van der Waals surface area contributed by atoms with Crippen LogP contribution in [0, 0.1) is 0 Å². The number of benzene rings is 1. The molecule has 0 aliphatic carbocycles. The van der Waals surface area contributed by atoms with E-state index in [-0.39, 0.29) is 23.2 Å². The average molecular weight is 406 g/mol. The van der Waals surface area contributed by atoms with Crippen LogP contribution in [0.4, 0.5) is 0 Å². The molecule has 1 amide bonds. The molecule has 1 aromatic carbocycles. The highest BCUT2D eigenvalue weighted by Crippen LogP contribution is 2.33. The molecule has 1 aliphatic rings. The van der Waals surface area contributed by atoms with E-state index < -0.39 is 0 Å². The second kappa shape index (κ2) is 8.86. The topological polar surface area (TPSA) is 77.7 Å². The number of hydrogen-bond donors (Lipinski definition) is 0. The molecule has 7 nitrogen and oxygen atoms in total. The van der Waals surface area contributed by atoms with Crippen LogP contribution in [-0.2, 0) is 4.79 Å². The van der Waals surface area contributed by atoms with Gasteiger partial charge in [-0.05, 0) is 52.2 Å². The van der Waals surface area contributed by atoms with Crippen LogP contribution in [0.3, 0.4) is 0 Å². The number of methoxy groups -OCH3 is 2. The van der Waals surface area contributed by atoms with Crippen molar-refractivity contribution < 1.29 is 18.7 Å². The molecule has 0 spiro atoms. The van der Waals surface area contributed by atoms with Crippen molar-refractivity contribution >= 4 is 17.7 Å². The lowest BCUT2D eigenvalue weighted by molar-refractivity contribution is -0.136. The number of aromatic nitrogens is 2. The van der Waals surface area contributed by atoms with Crippen molar-refractivity contribution in [1.82, 2.24) is 15.1 Å². The van der Waals surface area contributed by atoms with Crippen molar-refractivity contribution in [2.24, 2.45) is 0 Å². The number of thioether (sulfide) groups is 1. The molecule has 0 radical (unpaired) electrons. The van der Waals surface area contributed by atoms with Crippen LogP contribution in [0.25, 0.3) is 11.5 Å². The third kappa shape index (κ3) is 4.43. The summed E-state index contributed by atoms with van der Waals surface area (Å²) >= 11 is 1.29. The third-order valence-corrected chi connectivity index (χ3v) is 6.00. The van der Waals surface area contributed by atoms with Gasteiger partial charge in [0.15, 0.2) is 0 Å². The van der Waals surface area contributed by atoms with Gasteiger partial charge in [0, 0.05) is 23.7 Å². The monoisotopic (exact) mass is 405 g/mol. The van der Waals surface area contributed by atoms with Gasteiger partial charge in [0.1, 0.15) is 11.5 Å². The Morgan fingerprint density at radius 2 is 1.75 bits per heavy atom. The fourth-order valence-electron chi connectivity index (χ4n) is 3.57. The quantitative estimate of drug-likeness (QED) is 0.672. The molecule has 0 N–H and O–H groups in total. The maximum atomic E-state index is 12.9. The van der Waals surface area contributed by atoms with E-state index in [2.05, 4.69) is 24.0 Å². The highest BCUT2D eigenvalue weighted by atomic mass is 32.2. The molecular weight excluding hydrogens is 378 g/mol. The molecule has 1 saturated heterocycles. The van der Waals surface area contributed by atoms with Gasteiger partial charge in [-0.15, -0.1) is 10.2 Å². The van der Waals surface area contributed by atoms with Crippen molar-refractivity contribution in [2.75, 3.05) is 14.2 Å². The molecule has 3 atom stereocenters. The molecule has 28 heavy (non-hydrogen) atoms. The standard InChI is InChI=1S/C20H27N3O4S/c1-12-7-6-8-13(2)23(12)19(24)14(3)28-20-22-21-18(27-20)15-9-16(25-4)11-17(10-15)26-5/h9-14H,6-8H2,1-5H3/t12-,13+,14-/m1/s1. The number of carbonyl (C=O) groups excluding carboxylic acids is 1. The Kier molecular flexibility index (Phi) is 6.49. The van der Waals surface area contributed by atoms with E-state index in [1.54, 1.807) is 32.4 Å². The summed E-state index contributed by atoms with van der Waals surface area (Å²) in [6.07, 6.45) is 3.27. The molecule has 1 fully saturated rings. The second-order valence-corrected chi connectivity index (χ2v) is 8.40. The molecule has 8 heteroatoms. The molecule has 0 saturated carbocycles. The van der Waals surface area contributed by atoms with Gasteiger partial charge in [-0.3, -0.25) is 4.79 Å². The smallest absolute Gasteiger partial charge is 0.277 e. The van der Waals surface area contributed by atoms with Crippen LogP contribution in [0.5, 0.6) is 11.5 Å². The molecule has 1 aliphatic heterocycles. The van der Waals surface area contributed by atoms with Gasteiger partial charge in [0.2, 0.25) is 11.8 Å². The van der Waals surface area contributed by atoms with E-state index in [4.69, 9.17) is 13.9 Å². The Labute approximate surface area is 169 Å². The van der Waals surface area contributed by atoms with Gasteiger partial charge in [0.25, 0.3) is 5.22 Å². The summed E-state index contributed by atoms with van der Waals surface area (Å²) in [6.45, 7) is 6.12. The summed E-state index contributed by atoms with van der Waals surface area (Å²) in [6, 6.07) is 5.91. The van der Waals surface area contributed by atoms with Gasteiger partial charge >= 0.3 is 0 Å². The lowest BCUT2D eigenvalue weighted by Gasteiger charge is -2.40. The summed E-state index contributed by atoms with van der Waals surface area (Å²) in [4.78, 5) is 15.0. The molecule has 1 aromatic heterocycles. The zero-order valence-electron chi connectivity index (χ0n) is 17.0. The molecule has 3 rings (SSSR count). The predicted molar refractivity (Wildman–Crippen MR) is 108 cm³/mol. The summed E-state index contributed by atoms with van der Waals surface area (Å²) in [5, 5.41) is 8.30. The van der Waals surface area contributed by atoms with Crippen LogP contribution < -0.4 is 9.47 Å². The first-order valence-corrected chi connectivity index (χ1v) is 10.4. The van der Waals surface area contributed by atoms with Gasteiger partial charge in [-0.2, -0.15) is 0 Å². The molecule has 152 valence electrons. The minimum absolute atomic E-state index is 0.118. The highest BCUT2D eigenvalue weighted by Gasteiger charge is 2.32. The van der Waals surface area contributed by atoms with E-state index in [1.807, 2.05) is 11.8 Å². The fraction of sp³-hybridized carbons (Fsp3) is 0.550. The molecule has 2 heterocycles. The van der Waals surface area contributed by atoms with Crippen LogP contribution in [-0.4, -0.2) is 52.6 Å². The van der Waals surface area contributed by atoms with Crippen molar-refractivity contribution in [3.05, 3.63) is 18.2 Å². The third-order valence-electron chi connectivity index (χ3n) is 5.08. The summed E-state index contributed by atoms with van der Waals surface area (Å²) in [5.41, 5.74) is 0.702. The molecule has 0 bridgehead atoms. The van der Waals surface area contributed by atoms with Gasteiger partial charge in [-0.1, -0.05) is 11.8 Å². The number of likely N-dealkylation sites (tertiary alicyclic amines) is 1. The van der Waals surface area contributed by atoms with Gasteiger partial charge in [0.05, 0.1) is 19.5 Å². The van der Waals surface area contributed by atoms with Crippen LogP contribution in [0.2, 0.25) is 0 Å². The first kappa shape index (κ1) is 20.5. The largest absolute Gasteiger partial charge is 0.497 e. The zero-order chi connectivity index (χ0) is 20.3. The SMILES string of the molecule is COc1cc(OC)cc(-c2nnc(S[C@H](C)C(=O)N3[C@H](C)CCC[C@@H]3C)o2)c1. The highest BCUT2D eigenvalue weighted by molar-refractivity contribution is 8.00. The maximum Gasteiger partial charge on any atom is 0.277 e. The van der Waals surface area contributed by atoms with Crippen LogP contribution >= 0.6 is 11.8 Å². The summed E-state index contributed by atoms with van der Waals surface area (Å²) in [7, 11) is 3.17. The number of carbonyl (C=O) groups is 1. The number of nitrogens with zero attached hydrogens (tertiary/aromatic N) is 3. The van der Waals surface area contributed by atoms with Gasteiger partial charge < -0.3 is 18.8 Å².